The number of carboxylic acid groups (broad SMARTS) is 1. The van der Waals surface area contributed by atoms with E-state index in [1.54, 1.807) is 17.0 Å². The zero-order chi connectivity index (χ0) is 22.1. The van der Waals surface area contributed by atoms with Crippen LogP contribution in [0.5, 0.6) is 0 Å². The van der Waals surface area contributed by atoms with Crippen molar-refractivity contribution < 1.29 is 19.5 Å². The van der Waals surface area contributed by atoms with Gasteiger partial charge in [-0.2, -0.15) is 0 Å². The van der Waals surface area contributed by atoms with Gasteiger partial charge in [0.1, 0.15) is 6.04 Å². The van der Waals surface area contributed by atoms with Crippen molar-refractivity contribution in [3.8, 4) is 0 Å². The van der Waals surface area contributed by atoms with E-state index >= 15 is 0 Å². The topological polar surface area (TPSA) is 99.6 Å². The van der Waals surface area contributed by atoms with Crippen molar-refractivity contribution in [3.63, 3.8) is 0 Å². The van der Waals surface area contributed by atoms with Gasteiger partial charge in [-0.05, 0) is 30.0 Å². The monoisotopic (exact) mass is 481 g/mol. The molecule has 1 fully saturated rings. The number of amides is 2. The molecule has 2 aliphatic rings. The van der Waals surface area contributed by atoms with Gasteiger partial charge in [-0.1, -0.05) is 55.3 Å². The van der Waals surface area contributed by atoms with Crippen molar-refractivity contribution in [3.05, 3.63) is 44.4 Å². The van der Waals surface area contributed by atoms with Gasteiger partial charge in [-0.15, -0.1) is 11.3 Å². The first kappa shape index (κ1) is 22.0. The standard InChI is InChI=1S/C21H21Cl2N3O4S/c22-14-7-12-9-26(19(28)13(12)8-15(14)23)17(6-11-4-2-1-3-5-11)18(27)25-21-24-16(10-31-21)20(29)30/h7-8,10-11,17H,1-6,9H2,(H,29,30)(H,24,25,27)/t17-/m0/s1. The third kappa shape index (κ3) is 4.71. The largest absolute Gasteiger partial charge is 0.476 e. The van der Waals surface area contributed by atoms with E-state index in [1.807, 2.05) is 0 Å². The van der Waals surface area contributed by atoms with Crippen molar-refractivity contribution >= 4 is 57.5 Å². The Labute approximate surface area is 193 Å². The molecule has 1 aromatic carbocycles. The highest BCUT2D eigenvalue weighted by Gasteiger charge is 2.38. The molecule has 1 saturated carbocycles. The molecule has 7 nitrogen and oxygen atoms in total. The van der Waals surface area contributed by atoms with E-state index < -0.39 is 12.0 Å². The number of aromatic nitrogens is 1. The number of nitrogens with zero attached hydrogens (tertiary/aromatic N) is 2. The van der Waals surface area contributed by atoms with E-state index in [2.05, 4.69) is 10.3 Å². The number of carbonyl (C=O) groups excluding carboxylic acids is 2. The van der Waals surface area contributed by atoms with Crippen LogP contribution in [-0.2, 0) is 11.3 Å². The molecule has 10 heteroatoms. The maximum atomic E-state index is 13.2. The Hall–Kier alpha value is -2.16. The summed E-state index contributed by atoms with van der Waals surface area (Å²) in [6, 6.07) is 2.53. The second-order valence-electron chi connectivity index (χ2n) is 7.94. The van der Waals surface area contributed by atoms with Gasteiger partial charge < -0.3 is 15.3 Å². The number of aromatic carboxylic acids is 1. The lowest BCUT2D eigenvalue weighted by molar-refractivity contribution is -0.121. The number of thiazole rings is 1. The van der Waals surface area contributed by atoms with Crippen molar-refractivity contribution in [1.82, 2.24) is 9.88 Å². The second kappa shape index (κ2) is 9.14. The van der Waals surface area contributed by atoms with Crippen LogP contribution in [0.1, 0.15) is 64.9 Å². The van der Waals surface area contributed by atoms with E-state index in [0.29, 0.717) is 27.9 Å². The Kier molecular flexibility index (Phi) is 6.50. The molecule has 0 bridgehead atoms. The summed E-state index contributed by atoms with van der Waals surface area (Å²) in [5, 5.41) is 14.0. The SMILES string of the molecule is O=C(O)c1csc(NC(=O)[C@H](CC2CCCCC2)N2Cc3cc(Cl)c(Cl)cc3C2=O)n1. The fourth-order valence-corrected chi connectivity index (χ4v) is 5.35. The smallest absolute Gasteiger partial charge is 0.355 e. The van der Waals surface area contributed by atoms with Gasteiger partial charge in [-0.3, -0.25) is 9.59 Å². The maximum absolute atomic E-state index is 13.2. The zero-order valence-corrected chi connectivity index (χ0v) is 18.9. The lowest BCUT2D eigenvalue weighted by atomic mass is 9.84. The van der Waals surface area contributed by atoms with Crippen LogP contribution < -0.4 is 5.32 Å². The molecule has 0 saturated heterocycles. The summed E-state index contributed by atoms with van der Waals surface area (Å²) in [7, 11) is 0. The summed E-state index contributed by atoms with van der Waals surface area (Å²) in [5.41, 5.74) is 1.07. The maximum Gasteiger partial charge on any atom is 0.355 e. The van der Waals surface area contributed by atoms with Crippen molar-refractivity contribution in [1.29, 1.82) is 0 Å². The Balaban J connectivity index is 1.58. The average Bonchev–Trinajstić information content (AvgIpc) is 3.33. The molecule has 1 aliphatic carbocycles. The van der Waals surface area contributed by atoms with Gasteiger partial charge in [0, 0.05) is 17.5 Å². The number of carboxylic acids is 1. The van der Waals surface area contributed by atoms with Gasteiger partial charge in [0.2, 0.25) is 5.91 Å². The molecule has 2 aromatic rings. The van der Waals surface area contributed by atoms with Crippen LogP contribution >= 0.6 is 34.5 Å². The number of benzene rings is 1. The molecule has 0 radical (unpaired) electrons. The molecule has 2 N–H and O–H groups in total. The second-order valence-corrected chi connectivity index (χ2v) is 9.62. The molecule has 1 atom stereocenters. The van der Waals surface area contributed by atoms with E-state index in [-0.39, 0.29) is 29.2 Å². The minimum Gasteiger partial charge on any atom is -0.476 e. The first-order valence-electron chi connectivity index (χ1n) is 10.1. The summed E-state index contributed by atoms with van der Waals surface area (Å²) < 4.78 is 0. The van der Waals surface area contributed by atoms with E-state index in [4.69, 9.17) is 28.3 Å². The third-order valence-electron chi connectivity index (χ3n) is 5.89. The Bertz CT molecular complexity index is 1040. The molecule has 4 rings (SSSR count). The van der Waals surface area contributed by atoms with E-state index in [9.17, 15) is 14.4 Å². The van der Waals surface area contributed by atoms with Crippen LogP contribution in [0.25, 0.3) is 0 Å². The van der Waals surface area contributed by atoms with Crippen molar-refractivity contribution in [2.45, 2.75) is 51.1 Å². The molecule has 0 unspecified atom stereocenters. The van der Waals surface area contributed by atoms with Crippen LogP contribution in [0.4, 0.5) is 5.13 Å². The molecular weight excluding hydrogens is 461 g/mol. The summed E-state index contributed by atoms with van der Waals surface area (Å²) in [4.78, 5) is 43.0. The molecule has 2 heterocycles. The lowest BCUT2D eigenvalue weighted by Crippen LogP contribution is -2.45. The number of rotatable bonds is 6. The van der Waals surface area contributed by atoms with Gasteiger partial charge in [0.15, 0.2) is 10.8 Å². The minimum absolute atomic E-state index is 0.127. The lowest BCUT2D eigenvalue weighted by Gasteiger charge is -2.31. The third-order valence-corrected chi connectivity index (χ3v) is 7.37. The fraction of sp³-hybridized carbons (Fsp3) is 0.429. The van der Waals surface area contributed by atoms with Crippen LogP contribution in [0, 0.1) is 5.92 Å². The average molecular weight is 482 g/mol. The van der Waals surface area contributed by atoms with Gasteiger partial charge in [-0.25, -0.2) is 9.78 Å². The minimum atomic E-state index is -1.16. The molecular formula is C21H21Cl2N3O4S. The fourth-order valence-electron chi connectivity index (χ4n) is 4.31. The highest BCUT2D eigenvalue weighted by atomic mass is 35.5. The number of hydrogen-bond acceptors (Lipinski definition) is 5. The first-order chi connectivity index (χ1) is 14.8. The number of halogens is 2. The van der Waals surface area contributed by atoms with Gasteiger partial charge in [0.25, 0.3) is 5.91 Å². The number of anilines is 1. The van der Waals surface area contributed by atoms with E-state index in [1.165, 1.54) is 11.8 Å². The van der Waals surface area contributed by atoms with Gasteiger partial charge >= 0.3 is 5.97 Å². The Morgan fingerprint density at radius 1 is 1.23 bits per heavy atom. The van der Waals surface area contributed by atoms with Crippen molar-refractivity contribution in [2.75, 3.05) is 5.32 Å². The molecule has 31 heavy (non-hydrogen) atoms. The number of hydrogen-bond donors (Lipinski definition) is 2. The van der Waals surface area contributed by atoms with Gasteiger partial charge in [0.05, 0.1) is 10.0 Å². The van der Waals surface area contributed by atoms with Crippen LogP contribution in [0.2, 0.25) is 10.0 Å². The summed E-state index contributed by atoms with van der Waals surface area (Å²) >= 11 is 13.3. The normalized spacial score (nSPS) is 17.5. The summed E-state index contributed by atoms with van der Waals surface area (Å²) in [6.07, 6.45) is 6.02. The Morgan fingerprint density at radius 3 is 2.61 bits per heavy atom. The number of carbonyl (C=O) groups is 3. The zero-order valence-electron chi connectivity index (χ0n) is 16.6. The molecule has 1 aromatic heterocycles. The summed E-state index contributed by atoms with van der Waals surface area (Å²) in [5.74, 6) is -1.43. The first-order valence-corrected chi connectivity index (χ1v) is 11.8. The highest BCUT2D eigenvalue weighted by Crippen LogP contribution is 2.35. The number of nitrogens with one attached hydrogen (secondary N) is 1. The molecule has 164 valence electrons. The van der Waals surface area contributed by atoms with E-state index in [0.717, 1.165) is 42.6 Å². The Morgan fingerprint density at radius 2 is 1.94 bits per heavy atom. The van der Waals surface area contributed by atoms with Crippen LogP contribution in [0.3, 0.4) is 0 Å². The predicted molar refractivity (Wildman–Crippen MR) is 119 cm³/mol. The molecule has 2 amide bonds. The summed E-state index contributed by atoms with van der Waals surface area (Å²) in [6.45, 7) is 0.272. The van der Waals surface area contributed by atoms with Crippen LogP contribution in [0.15, 0.2) is 17.5 Å². The molecule has 1 aliphatic heterocycles. The van der Waals surface area contributed by atoms with Crippen LogP contribution in [-0.4, -0.2) is 38.8 Å². The predicted octanol–water partition coefficient (Wildman–Crippen LogP) is 5.08. The number of fused-ring (bicyclic) bond motifs is 1. The van der Waals surface area contributed by atoms with Crippen molar-refractivity contribution in [2.24, 2.45) is 5.92 Å². The quantitative estimate of drug-likeness (QED) is 0.598. The highest BCUT2D eigenvalue weighted by molar-refractivity contribution is 7.14. The molecule has 0 spiro atoms.